The number of amides is 1. The highest BCUT2D eigenvalue weighted by Crippen LogP contribution is 2.26. The maximum atomic E-state index is 12.4. The molecule has 7 heteroatoms. The van der Waals surface area contributed by atoms with Gasteiger partial charge in [-0.05, 0) is 39.3 Å². The minimum Gasteiger partial charge on any atom is -0.338 e. The number of aromatic amines is 1. The van der Waals surface area contributed by atoms with Gasteiger partial charge in [0.15, 0.2) is 0 Å². The fourth-order valence-corrected chi connectivity index (χ4v) is 2.92. The van der Waals surface area contributed by atoms with Crippen LogP contribution in [0.15, 0.2) is 22.9 Å². The third-order valence-corrected chi connectivity index (χ3v) is 4.22. The van der Waals surface area contributed by atoms with Crippen molar-refractivity contribution < 1.29 is 9.32 Å². The second kappa shape index (κ2) is 6.31. The molecule has 1 aliphatic rings. The van der Waals surface area contributed by atoms with E-state index in [2.05, 4.69) is 25.6 Å². The van der Waals surface area contributed by atoms with Crippen molar-refractivity contribution in [3.63, 3.8) is 0 Å². The molecule has 1 fully saturated rings. The molecule has 2 N–H and O–H groups in total. The largest absolute Gasteiger partial charge is 0.338 e. The number of aromatic nitrogens is 3. The number of likely N-dealkylation sites (tertiary alicyclic amines) is 1. The Morgan fingerprint density at radius 2 is 2.45 bits per heavy atom. The molecule has 0 bridgehead atoms. The summed E-state index contributed by atoms with van der Waals surface area (Å²) in [7, 11) is 0. The van der Waals surface area contributed by atoms with Crippen LogP contribution in [0.1, 0.15) is 37.1 Å². The Hall–Kier alpha value is -2.15. The van der Waals surface area contributed by atoms with Gasteiger partial charge in [-0.2, -0.15) is 5.10 Å². The first-order chi connectivity index (χ1) is 10.6. The minimum absolute atomic E-state index is 0.0681. The first kappa shape index (κ1) is 14.8. The summed E-state index contributed by atoms with van der Waals surface area (Å²) in [5.74, 6) is 0.733. The monoisotopic (exact) mass is 303 g/mol. The van der Waals surface area contributed by atoms with Crippen LogP contribution in [0.5, 0.6) is 0 Å². The predicted octanol–water partition coefficient (Wildman–Crippen LogP) is 1.91. The van der Waals surface area contributed by atoms with Gasteiger partial charge in [0.05, 0.1) is 11.7 Å². The average molecular weight is 303 g/mol. The number of anilines is 1. The van der Waals surface area contributed by atoms with E-state index in [0.717, 1.165) is 37.3 Å². The van der Waals surface area contributed by atoms with Crippen molar-refractivity contribution >= 4 is 11.8 Å². The topological polar surface area (TPSA) is 87.0 Å². The Kier molecular flexibility index (Phi) is 4.24. The van der Waals surface area contributed by atoms with Crippen LogP contribution in [-0.2, 0) is 4.79 Å². The van der Waals surface area contributed by atoms with E-state index in [1.165, 1.54) is 0 Å². The smallest absolute Gasteiger partial charge is 0.243 e. The SMILES string of the molecule is Cc1cc(NC(=O)[C@@H](C)N2CCC[C@H](c3ccn[nH]3)C2)on1. The number of piperidine rings is 1. The molecular formula is C15H21N5O2. The van der Waals surface area contributed by atoms with E-state index in [9.17, 15) is 4.79 Å². The molecule has 0 aliphatic carbocycles. The second-order valence-corrected chi connectivity index (χ2v) is 5.84. The number of hydrogen-bond acceptors (Lipinski definition) is 5. The lowest BCUT2D eigenvalue weighted by atomic mass is 9.94. The number of carbonyl (C=O) groups is 1. The molecule has 2 atom stereocenters. The van der Waals surface area contributed by atoms with Crippen LogP contribution < -0.4 is 5.32 Å². The van der Waals surface area contributed by atoms with Crippen molar-refractivity contribution in [3.05, 3.63) is 29.7 Å². The molecule has 0 spiro atoms. The normalized spacial score (nSPS) is 20.7. The molecule has 3 heterocycles. The Balaban J connectivity index is 1.61. The van der Waals surface area contributed by atoms with E-state index in [0.29, 0.717) is 11.8 Å². The number of rotatable bonds is 4. The van der Waals surface area contributed by atoms with Crippen molar-refractivity contribution in [1.29, 1.82) is 0 Å². The van der Waals surface area contributed by atoms with Crippen LogP contribution in [-0.4, -0.2) is 45.3 Å². The molecule has 0 unspecified atom stereocenters. The standard InChI is InChI=1S/C15H21N5O2/c1-10-8-14(22-19-10)17-15(21)11(2)20-7-3-4-12(9-20)13-5-6-16-18-13/h5-6,8,11-12H,3-4,7,9H2,1-2H3,(H,16,18)(H,17,21)/t11-,12+/m1/s1. The highest BCUT2D eigenvalue weighted by molar-refractivity contribution is 5.93. The van der Waals surface area contributed by atoms with Gasteiger partial charge >= 0.3 is 0 Å². The summed E-state index contributed by atoms with van der Waals surface area (Å²) in [5.41, 5.74) is 1.89. The van der Waals surface area contributed by atoms with E-state index < -0.39 is 0 Å². The first-order valence-corrected chi connectivity index (χ1v) is 7.61. The molecular weight excluding hydrogens is 282 g/mol. The molecule has 0 radical (unpaired) electrons. The van der Waals surface area contributed by atoms with Crippen molar-refractivity contribution in [2.24, 2.45) is 0 Å². The van der Waals surface area contributed by atoms with Crippen LogP contribution in [0.2, 0.25) is 0 Å². The Morgan fingerprint density at radius 3 is 3.14 bits per heavy atom. The molecule has 0 aromatic carbocycles. The molecule has 2 aromatic heterocycles. The summed E-state index contributed by atoms with van der Waals surface area (Å²) in [6, 6.07) is 3.51. The summed E-state index contributed by atoms with van der Waals surface area (Å²) in [5, 5.41) is 13.6. The lowest BCUT2D eigenvalue weighted by molar-refractivity contribution is -0.121. The molecule has 1 amide bonds. The van der Waals surface area contributed by atoms with Gasteiger partial charge in [0.2, 0.25) is 11.8 Å². The van der Waals surface area contributed by atoms with E-state index in [4.69, 9.17) is 4.52 Å². The Bertz CT molecular complexity index is 622. The maximum absolute atomic E-state index is 12.4. The van der Waals surface area contributed by atoms with Gasteiger partial charge in [0.1, 0.15) is 0 Å². The van der Waals surface area contributed by atoms with E-state index in [1.54, 1.807) is 12.3 Å². The quantitative estimate of drug-likeness (QED) is 0.901. The van der Waals surface area contributed by atoms with Crippen molar-refractivity contribution in [1.82, 2.24) is 20.3 Å². The van der Waals surface area contributed by atoms with Crippen LogP contribution in [0.4, 0.5) is 5.88 Å². The maximum Gasteiger partial charge on any atom is 0.243 e. The highest BCUT2D eigenvalue weighted by Gasteiger charge is 2.29. The number of H-pyrrole nitrogens is 1. The number of carbonyl (C=O) groups excluding carboxylic acids is 1. The number of hydrogen-bond donors (Lipinski definition) is 2. The van der Waals surface area contributed by atoms with E-state index in [-0.39, 0.29) is 11.9 Å². The van der Waals surface area contributed by atoms with Gasteiger partial charge in [-0.1, -0.05) is 5.16 Å². The zero-order valence-corrected chi connectivity index (χ0v) is 12.9. The summed E-state index contributed by atoms with van der Waals surface area (Å²) in [4.78, 5) is 14.6. The Morgan fingerprint density at radius 1 is 1.59 bits per heavy atom. The Labute approximate surface area is 129 Å². The van der Waals surface area contributed by atoms with Gasteiger partial charge in [0, 0.05) is 30.4 Å². The van der Waals surface area contributed by atoms with Gasteiger partial charge in [-0.15, -0.1) is 0 Å². The van der Waals surface area contributed by atoms with Crippen LogP contribution >= 0.6 is 0 Å². The van der Waals surface area contributed by atoms with E-state index in [1.807, 2.05) is 19.9 Å². The lowest BCUT2D eigenvalue weighted by Crippen LogP contribution is -2.46. The van der Waals surface area contributed by atoms with Crippen LogP contribution in [0, 0.1) is 6.92 Å². The fraction of sp³-hybridized carbons (Fsp3) is 0.533. The summed E-state index contributed by atoms with van der Waals surface area (Å²) in [6.45, 7) is 5.52. The molecule has 2 aromatic rings. The van der Waals surface area contributed by atoms with Gasteiger partial charge in [-0.3, -0.25) is 20.1 Å². The van der Waals surface area contributed by atoms with Crippen LogP contribution in [0.3, 0.4) is 0 Å². The minimum atomic E-state index is -0.212. The first-order valence-electron chi connectivity index (χ1n) is 7.61. The number of aryl methyl sites for hydroxylation is 1. The molecule has 0 saturated carbocycles. The number of nitrogens with one attached hydrogen (secondary N) is 2. The predicted molar refractivity (Wildman–Crippen MR) is 81.5 cm³/mol. The highest BCUT2D eigenvalue weighted by atomic mass is 16.5. The van der Waals surface area contributed by atoms with Crippen molar-refractivity contribution in [2.45, 2.75) is 38.6 Å². The van der Waals surface area contributed by atoms with Crippen molar-refractivity contribution in [3.8, 4) is 0 Å². The molecule has 3 rings (SSSR count). The van der Waals surface area contributed by atoms with Crippen molar-refractivity contribution in [2.75, 3.05) is 18.4 Å². The molecule has 118 valence electrons. The van der Waals surface area contributed by atoms with E-state index >= 15 is 0 Å². The van der Waals surface area contributed by atoms with Crippen LogP contribution in [0.25, 0.3) is 0 Å². The molecule has 22 heavy (non-hydrogen) atoms. The average Bonchev–Trinajstić information content (AvgIpc) is 3.18. The number of nitrogens with zero attached hydrogens (tertiary/aromatic N) is 3. The zero-order chi connectivity index (χ0) is 15.5. The molecule has 7 nitrogen and oxygen atoms in total. The molecule has 1 aliphatic heterocycles. The van der Waals surface area contributed by atoms with Gasteiger partial charge < -0.3 is 4.52 Å². The van der Waals surface area contributed by atoms with Gasteiger partial charge in [0.25, 0.3) is 0 Å². The third-order valence-electron chi connectivity index (χ3n) is 4.22. The van der Waals surface area contributed by atoms with Gasteiger partial charge in [-0.25, -0.2) is 0 Å². The second-order valence-electron chi connectivity index (χ2n) is 5.84. The lowest BCUT2D eigenvalue weighted by Gasteiger charge is -2.35. The molecule has 1 saturated heterocycles. The fourth-order valence-electron chi connectivity index (χ4n) is 2.92. The summed E-state index contributed by atoms with van der Waals surface area (Å²) < 4.78 is 5.04. The third kappa shape index (κ3) is 3.19. The summed E-state index contributed by atoms with van der Waals surface area (Å²) in [6.07, 6.45) is 3.97. The summed E-state index contributed by atoms with van der Waals surface area (Å²) >= 11 is 0. The zero-order valence-electron chi connectivity index (χ0n) is 12.9.